The number of nitrogens with zero attached hydrogens (tertiary/aromatic N) is 3. The summed E-state index contributed by atoms with van der Waals surface area (Å²) in [5, 5.41) is 0.918. The molecule has 0 radical (unpaired) electrons. The number of hydrogen-bond donors (Lipinski definition) is 0. The number of anilines is 1. The van der Waals surface area contributed by atoms with Crippen molar-refractivity contribution in [3.05, 3.63) is 23.9 Å². The van der Waals surface area contributed by atoms with Crippen molar-refractivity contribution in [2.45, 2.75) is 63.0 Å². The zero-order valence-corrected chi connectivity index (χ0v) is 21.2. The van der Waals surface area contributed by atoms with Crippen LogP contribution in [0.3, 0.4) is 0 Å². The van der Waals surface area contributed by atoms with Gasteiger partial charge in [0, 0.05) is 39.1 Å². The van der Waals surface area contributed by atoms with Crippen LogP contribution < -0.4 is 4.90 Å². The highest BCUT2D eigenvalue weighted by Gasteiger charge is 2.54. The van der Waals surface area contributed by atoms with Crippen LogP contribution in [0, 0.1) is 0 Å². The minimum Gasteiger partial charge on any atom is -0.377 e. The second-order valence-corrected chi connectivity index (χ2v) is 18.2. The Morgan fingerprint density at radius 1 is 1.32 bits per heavy atom. The van der Waals surface area contributed by atoms with Crippen molar-refractivity contribution in [3.8, 4) is 0 Å². The molecule has 4 rings (SSSR count). The quantitative estimate of drug-likeness (QED) is 0.438. The normalized spacial score (nSPS) is 21.6. The van der Waals surface area contributed by atoms with Gasteiger partial charge < -0.3 is 18.9 Å². The Hall–Kier alpha value is -1.42. The Bertz CT molecular complexity index is 1060. The summed E-state index contributed by atoms with van der Waals surface area (Å²) in [7, 11) is -4.39. The fourth-order valence-corrected chi connectivity index (χ4v) is 6.51. The Kier molecular flexibility index (Phi) is 6.00. The maximum Gasteiger partial charge on any atom is 0.157 e. The van der Waals surface area contributed by atoms with E-state index in [-0.39, 0.29) is 6.04 Å². The zero-order valence-electron chi connectivity index (χ0n) is 19.3. The lowest BCUT2D eigenvalue weighted by Crippen LogP contribution is -2.44. The molecule has 0 aromatic carbocycles. The van der Waals surface area contributed by atoms with E-state index in [2.05, 4.69) is 31.5 Å². The molecule has 31 heavy (non-hydrogen) atoms. The number of morpholine rings is 1. The molecule has 1 saturated heterocycles. The Morgan fingerprint density at radius 3 is 2.68 bits per heavy atom. The van der Waals surface area contributed by atoms with Crippen molar-refractivity contribution < 1.29 is 17.9 Å². The fraction of sp³-hybridized carbons (Fsp3) is 0.682. The van der Waals surface area contributed by atoms with Gasteiger partial charge in [0.25, 0.3) is 0 Å². The molecule has 9 heteroatoms. The number of sulfone groups is 1. The lowest BCUT2D eigenvalue weighted by atomic mass is 10.1. The minimum absolute atomic E-state index is 0.191. The summed E-state index contributed by atoms with van der Waals surface area (Å²) in [6, 6.07) is 5.31. The third kappa shape index (κ3) is 4.55. The van der Waals surface area contributed by atoms with Gasteiger partial charge in [0.2, 0.25) is 0 Å². The summed E-state index contributed by atoms with van der Waals surface area (Å²) in [5.74, 6) is 0.829. The van der Waals surface area contributed by atoms with Crippen LogP contribution in [0.1, 0.15) is 25.3 Å². The van der Waals surface area contributed by atoms with Gasteiger partial charge in [-0.25, -0.2) is 13.4 Å². The molecule has 2 aromatic heterocycles. The van der Waals surface area contributed by atoms with Gasteiger partial charge in [-0.2, -0.15) is 0 Å². The molecule has 3 heterocycles. The summed E-state index contributed by atoms with van der Waals surface area (Å²) in [6.07, 6.45) is 4.67. The van der Waals surface area contributed by atoms with Crippen molar-refractivity contribution in [1.82, 2.24) is 9.55 Å². The Labute approximate surface area is 186 Å². The highest BCUT2D eigenvalue weighted by Crippen LogP contribution is 2.54. The number of ether oxygens (including phenoxy) is 2. The summed E-state index contributed by atoms with van der Waals surface area (Å²) < 4.78 is 38.3. The summed E-state index contributed by atoms with van der Waals surface area (Å²) in [5.41, 5.74) is 1.68. The molecule has 1 aliphatic carbocycles. The molecule has 2 fully saturated rings. The van der Waals surface area contributed by atoms with Crippen LogP contribution in [0.4, 0.5) is 5.82 Å². The van der Waals surface area contributed by atoms with Crippen molar-refractivity contribution >= 4 is 34.8 Å². The van der Waals surface area contributed by atoms with Gasteiger partial charge in [-0.15, -0.1) is 0 Å². The van der Waals surface area contributed by atoms with E-state index in [1.807, 2.05) is 22.9 Å². The largest absolute Gasteiger partial charge is 0.377 e. The average molecular weight is 466 g/mol. The van der Waals surface area contributed by atoms with Crippen LogP contribution in [0.25, 0.3) is 11.0 Å². The fourth-order valence-electron chi connectivity index (χ4n) is 4.34. The average Bonchev–Trinajstić information content (AvgIpc) is 3.40. The monoisotopic (exact) mass is 465 g/mol. The molecular formula is C22H35N3O4SSi. The maximum absolute atomic E-state index is 12.7. The lowest BCUT2D eigenvalue weighted by Gasteiger charge is -2.35. The van der Waals surface area contributed by atoms with Crippen LogP contribution in [0.5, 0.6) is 0 Å². The molecule has 0 bridgehead atoms. The van der Waals surface area contributed by atoms with Crippen LogP contribution in [0.2, 0.25) is 25.7 Å². The van der Waals surface area contributed by atoms with Gasteiger partial charge in [0.1, 0.15) is 18.2 Å². The molecule has 7 nitrogen and oxygen atoms in total. The summed E-state index contributed by atoms with van der Waals surface area (Å²) >= 11 is 0. The van der Waals surface area contributed by atoms with Gasteiger partial charge >= 0.3 is 0 Å². The Balaban J connectivity index is 1.73. The van der Waals surface area contributed by atoms with Crippen LogP contribution >= 0.6 is 0 Å². The van der Waals surface area contributed by atoms with Crippen LogP contribution in [-0.4, -0.2) is 64.7 Å². The van der Waals surface area contributed by atoms with Gasteiger partial charge in [-0.3, -0.25) is 0 Å². The molecule has 2 aromatic rings. The molecule has 0 unspecified atom stereocenters. The van der Waals surface area contributed by atoms with Gasteiger partial charge in [-0.05, 0) is 43.5 Å². The second kappa shape index (κ2) is 8.17. The summed E-state index contributed by atoms with van der Waals surface area (Å²) in [6.45, 7) is 12.3. The molecule has 1 atom stereocenters. The number of fused-ring (bicyclic) bond motifs is 1. The first kappa shape index (κ1) is 22.8. The molecule has 0 amide bonds. The van der Waals surface area contributed by atoms with Crippen molar-refractivity contribution in [2.75, 3.05) is 37.5 Å². The number of hydrogen-bond acceptors (Lipinski definition) is 6. The molecular weight excluding hydrogens is 430 g/mol. The molecule has 0 N–H and O–H groups in total. The second-order valence-electron chi connectivity index (χ2n) is 10.3. The number of rotatable bonds is 8. The van der Waals surface area contributed by atoms with Crippen LogP contribution in [0.15, 0.2) is 18.3 Å². The number of pyridine rings is 1. The van der Waals surface area contributed by atoms with Crippen LogP contribution in [-0.2, 0) is 30.8 Å². The van der Waals surface area contributed by atoms with E-state index in [0.717, 1.165) is 41.6 Å². The minimum atomic E-state index is -3.23. The highest BCUT2D eigenvalue weighted by atomic mass is 32.2. The predicted octanol–water partition coefficient (Wildman–Crippen LogP) is 3.61. The third-order valence-corrected chi connectivity index (χ3v) is 10.3. The standard InChI is InChI=1S/C22H35N3O4SSi/c1-17-15-28-11-10-25(17)20-14-19(22(7-8-22)30(2,26)27)18-6-9-24(21(18)23-20)16-29-12-13-31(3,4)5/h6,9,14,17H,7-8,10-13,15-16H2,1-5H3/t17-/m1/s1. The van der Waals surface area contributed by atoms with Gasteiger partial charge in [0.15, 0.2) is 9.84 Å². The van der Waals surface area contributed by atoms with E-state index in [0.29, 0.717) is 32.8 Å². The Morgan fingerprint density at radius 2 is 2.06 bits per heavy atom. The molecule has 172 valence electrons. The lowest BCUT2D eigenvalue weighted by molar-refractivity contribution is 0.0898. The third-order valence-electron chi connectivity index (χ3n) is 6.51. The molecule has 2 aliphatic rings. The first-order valence-electron chi connectivity index (χ1n) is 11.1. The van der Waals surface area contributed by atoms with E-state index in [1.54, 1.807) is 0 Å². The van der Waals surface area contributed by atoms with E-state index in [1.165, 1.54) is 6.26 Å². The van der Waals surface area contributed by atoms with Gasteiger partial charge in [0.05, 0.1) is 24.0 Å². The smallest absolute Gasteiger partial charge is 0.157 e. The van der Waals surface area contributed by atoms with E-state index >= 15 is 0 Å². The first-order chi connectivity index (χ1) is 14.5. The number of aromatic nitrogens is 2. The molecule has 1 saturated carbocycles. The molecule has 1 aliphatic heterocycles. The van der Waals surface area contributed by atoms with Crippen molar-refractivity contribution in [1.29, 1.82) is 0 Å². The predicted molar refractivity (Wildman–Crippen MR) is 127 cm³/mol. The van der Waals surface area contributed by atoms with E-state index in [9.17, 15) is 8.42 Å². The van der Waals surface area contributed by atoms with Crippen molar-refractivity contribution in [3.63, 3.8) is 0 Å². The maximum atomic E-state index is 12.7. The first-order valence-corrected chi connectivity index (χ1v) is 16.7. The topological polar surface area (TPSA) is 73.7 Å². The summed E-state index contributed by atoms with van der Waals surface area (Å²) in [4.78, 5) is 7.22. The zero-order chi connectivity index (χ0) is 22.4. The van der Waals surface area contributed by atoms with Crippen molar-refractivity contribution in [2.24, 2.45) is 0 Å². The highest BCUT2D eigenvalue weighted by molar-refractivity contribution is 7.92. The SMILES string of the molecule is C[C@@H]1COCCN1c1cc(C2(S(C)(=O)=O)CC2)c2ccn(COCC[Si](C)(C)C)c2n1. The van der Waals surface area contributed by atoms with E-state index in [4.69, 9.17) is 14.5 Å². The van der Waals surface area contributed by atoms with Gasteiger partial charge in [-0.1, -0.05) is 19.6 Å². The molecule has 0 spiro atoms. The van der Waals surface area contributed by atoms with E-state index < -0.39 is 22.7 Å².